The minimum Gasteiger partial charge on any atom is -0.310 e. The van der Waals surface area contributed by atoms with Crippen molar-refractivity contribution < 1.29 is 4.39 Å². The summed E-state index contributed by atoms with van der Waals surface area (Å²) in [6.45, 7) is 5.19. The molecular weight excluding hydrogens is 237 g/mol. The van der Waals surface area contributed by atoms with Gasteiger partial charge in [-0.2, -0.15) is 0 Å². The Bertz CT molecular complexity index is 426. The molecule has 0 aromatic heterocycles. The van der Waals surface area contributed by atoms with Crippen molar-refractivity contribution in [2.75, 3.05) is 6.54 Å². The van der Waals surface area contributed by atoms with Crippen LogP contribution in [0.2, 0.25) is 0 Å². The Morgan fingerprint density at radius 2 is 1.95 bits per heavy atom. The summed E-state index contributed by atoms with van der Waals surface area (Å²) >= 11 is 0. The number of nitrogens with one attached hydrogen (secondary N) is 1. The lowest BCUT2D eigenvalue weighted by Crippen LogP contribution is -2.28. The van der Waals surface area contributed by atoms with E-state index < -0.39 is 0 Å². The smallest absolute Gasteiger partial charge is 0.123 e. The monoisotopic (exact) mass is 261 g/mol. The second kappa shape index (κ2) is 5.24. The largest absolute Gasteiger partial charge is 0.310 e. The molecule has 0 amide bonds. The maximum Gasteiger partial charge on any atom is 0.123 e. The third-order valence-corrected chi connectivity index (χ3v) is 4.79. The van der Waals surface area contributed by atoms with Gasteiger partial charge in [0, 0.05) is 6.04 Å². The van der Waals surface area contributed by atoms with Crippen molar-refractivity contribution >= 4 is 0 Å². The maximum atomic E-state index is 13.7. The van der Waals surface area contributed by atoms with Crippen LogP contribution in [0.25, 0.3) is 0 Å². The number of benzene rings is 1. The molecule has 0 radical (unpaired) electrons. The Labute approximate surface area is 115 Å². The lowest BCUT2D eigenvalue weighted by Gasteiger charge is -2.27. The zero-order valence-electron chi connectivity index (χ0n) is 12.0. The number of aryl methyl sites for hydroxylation is 1. The Hall–Kier alpha value is -0.890. The molecule has 2 fully saturated rings. The molecule has 2 aliphatic rings. The molecule has 0 spiro atoms. The van der Waals surface area contributed by atoms with Gasteiger partial charge in [0.15, 0.2) is 0 Å². The zero-order valence-corrected chi connectivity index (χ0v) is 12.0. The van der Waals surface area contributed by atoms with E-state index in [4.69, 9.17) is 0 Å². The Morgan fingerprint density at radius 1 is 1.21 bits per heavy atom. The standard InChI is InChI=1S/C17H24FN/c1-3-4-19-17(15-8-12-7-13(12)9-15)14-5-11(2)6-16(18)10-14/h5-6,10,12-13,15,17,19H,3-4,7-9H2,1-2H3. The first-order valence-electron chi connectivity index (χ1n) is 7.68. The molecule has 3 rings (SSSR count). The molecule has 0 aliphatic heterocycles. The van der Waals surface area contributed by atoms with Gasteiger partial charge in [-0.25, -0.2) is 4.39 Å². The molecule has 19 heavy (non-hydrogen) atoms. The Kier molecular flexibility index (Phi) is 3.62. The predicted octanol–water partition coefficient (Wildman–Crippen LogP) is 4.22. The molecule has 1 aromatic carbocycles. The summed E-state index contributed by atoms with van der Waals surface area (Å²) in [7, 11) is 0. The SMILES string of the molecule is CCCNC(c1cc(C)cc(F)c1)C1CC2CC2C1. The summed E-state index contributed by atoms with van der Waals surface area (Å²) in [5, 5.41) is 3.66. The van der Waals surface area contributed by atoms with Crippen molar-refractivity contribution in [1.29, 1.82) is 0 Å². The van der Waals surface area contributed by atoms with Crippen molar-refractivity contribution in [2.45, 2.75) is 45.6 Å². The molecule has 1 N–H and O–H groups in total. The number of fused-ring (bicyclic) bond motifs is 1. The van der Waals surface area contributed by atoms with Gasteiger partial charge in [0.2, 0.25) is 0 Å². The number of halogens is 1. The van der Waals surface area contributed by atoms with Crippen LogP contribution in [-0.2, 0) is 0 Å². The molecule has 2 saturated carbocycles. The highest BCUT2D eigenvalue weighted by Crippen LogP contribution is 2.57. The summed E-state index contributed by atoms with van der Waals surface area (Å²) in [5.74, 6) is 2.56. The minimum atomic E-state index is -0.0959. The van der Waals surface area contributed by atoms with Crippen LogP contribution in [0.3, 0.4) is 0 Å². The second-order valence-electron chi connectivity index (χ2n) is 6.48. The van der Waals surface area contributed by atoms with E-state index >= 15 is 0 Å². The van der Waals surface area contributed by atoms with Crippen molar-refractivity contribution in [1.82, 2.24) is 5.32 Å². The van der Waals surface area contributed by atoms with Gasteiger partial charge in [0.1, 0.15) is 5.82 Å². The molecule has 3 unspecified atom stereocenters. The van der Waals surface area contributed by atoms with Crippen LogP contribution >= 0.6 is 0 Å². The van der Waals surface area contributed by atoms with Gasteiger partial charge in [0.25, 0.3) is 0 Å². The number of hydrogen-bond donors (Lipinski definition) is 1. The second-order valence-corrected chi connectivity index (χ2v) is 6.48. The molecule has 0 heterocycles. The van der Waals surface area contributed by atoms with E-state index in [1.54, 1.807) is 12.1 Å². The van der Waals surface area contributed by atoms with Gasteiger partial charge in [-0.3, -0.25) is 0 Å². The van der Waals surface area contributed by atoms with E-state index in [-0.39, 0.29) is 5.82 Å². The minimum absolute atomic E-state index is 0.0959. The third-order valence-electron chi connectivity index (χ3n) is 4.79. The van der Waals surface area contributed by atoms with Gasteiger partial charge in [-0.05, 0) is 80.2 Å². The highest BCUT2D eigenvalue weighted by atomic mass is 19.1. The van der Waals surface area contributed by atoms with E-state index in [2.05, 4.69) is 18.3 Å². The van der Waals surface area contributed by atoms with Gasteiger partial charge in [0.05, 0.1) is 0 Å². The number of rotatable bonds is 5. The molecule has 2 aliphatic carbocycles. The third kappa shape index (κ3) is 2.84. The highest BCUT2D eigenvalue weighted by molar-refractivity contribution is 5.27. The van der Waals surface area contributed by atoms with Crippen LogP contribution in [0.5, 0.6) is 0 Å². The van der Waals surface area contributed by atoms with Crippen LogP contribution in [0.1, 0.15) is 49.8 Å². The lowest BCUT2D eigenvalue weighted by molar-refractivity contribution is 0.341. The Morgan fingerprint density at radius 3 is 2.58 bits per heavy atom. The van der Waals surface area contributed by atoms with Crippen LogP contribution in [0, 0.1) is 30.5 Å². The van der Waals surface area contributed by atoms with Gasteiger partial charge < -0.3 is 5.32 Å². The summed E-state index contributed by atoms with van der Waals surface area (Å²) in [6, 6.07) is 5.85. The van der Waals surface area contributed by atoms with Crippen LogP contribution < -0.4 is 5.32 Å². The van der Waals surface area contributed by atoms with E-state index in [0.717, 1.165) is 35.9 Å². The summed E-state index contributed by atoms with van der Waals surface area (Å²) in [5.41, 5.74) is 2.18. The molecule has 104 valence electrons. The molecule has 1 nitrogen and oxygen atoms in total. The van der Waals surface area contributed by atoms with Crippen molar-refractivity contribution in [3.8, 4) is 0 Å². The lowest BCUT2D eigenvalue weighted by atomic mass is 9.88. The van der Waals surface area contributed by atoms with Crippen molar-refractivity contribution in [3.63, 3.8) is 0 Å². The quantitative estimate of drug-likeness (QED) is 0.836. The van der Waals surface area contributed by atoms with E-state index in [9.17, 15) is 4.39 Å². The average molecular weight is 261 g/mol. The molecule has 1 aromatic rings. The van der Waals surface area contributed by atoms with Gasteiger partial charge >= 0.3 is 0 Å². The fourth-order valence-electron chi connectivity index (χ4n) is 3.83. The maximum absolute atomic E-state index is 13.7. The molecular formula is C17H24FN. The predicted molar refractivity (Wildman–Crippen MR) is 76.5 cm³/mol. The average Bonchev–Trinajstić information content (AvgIpc) is 2.96. The van der Waals surface area contributed by atoms with Gasteiger partial charge in [-0.15, -0.1) is 0 Å². The van der Waals surface area contributed by atoms with Crippen LogP contribution in [0.15, 0.2) is 18.2 Å². The first kappa shape index (κ1) is 13.1. The normalized spacial score (nSPS) is 30.2. The van der Waals surface area contributed by atoms with Crippen LogP contribution in [-0.4, -0.2) is 6.54 Å². The Balaban J connectivity index is 1.80. The van der Waals surface area contributed by atoms with E-state index in [0.29, 0.717) is 12.0 Å². The van der Waals surface area contributed by atoms with Crippen molar-refractivity contribution in [3.05, 3.63) is 35.1 Å². The zero-order chi connectivity index (χ0) is 13.4. The van der Waals surface area contributed by atoms with E-state index in [1.807, 2.05) is 6.92 Å². The molecule has 2 heteroatoms. The summed E-state index contributed by atoms with van der Waals surface area (Å²) < 4.78 is 13.7. The highest BCUT2D eigenvalue weighted by Gasteiger charge is 2.47. The molecule has 3 atom stereocenters. The van der Waals surface area contributed by atoms with Crippen LogP contribution in [0.4, 0.5) is 4.39 Å². The van der Waals surface area contributed by atoms with Gasteiger partial charge in [-0.1, -0.05) is 13.0 Å². The fraction of sp³-hybridized carbons (Fsp3) is 0.647. The summed E-state index contributed by atoms with van der Waals surface area (Å²) in [4.78, 5) is 0. The topological polar surface area (TPSA) is 12.0 Å². The molecule has 0 bridgehead atoms. The van der Waals surface area contributed by atoms with Crippen molar-refractivity contribution in [2.24, 2.45) is 17.8 Å². The summed E-state index contributed by atoms with van der Waals surface area (Å²) in [6.07, 6.45) is 5.24. The number of hydrogen-bond acceptors (Lipinski definition) is 1. The first-order valence-corrected chi connectivity index (χ1v) is 7.68. The fourth-order valence-corrected chi connectivity index (χ4v) is 3.83. The molecule has 0 saturated heterocycles. The first-order chi connectivity index (χ1) is 9.17. The van der Waals surface area contributed by atoms with E-state index in [1.165, 1.54) is 19.3 Å².